The molecule has 1 unspecified atom stereocenters. The van der Waals surface area contributed by atoms with E-state index in [1.54, 1.807) is 17.0 Å². The van der Waals surface area contributed by atoms with Crippen molar-refractivity contribution in [1.82, 2.24) is 4.90 Å². The van der Waals surface area contributed by atoms with Crippen LogP contribution >= 0.6 is 34.2 Å². The Balaban J connectivity index is 2.23. The van der Waals surface area contributed by atoms with Crippen molar-refractivity contribution in [2.24, 2.45) is 0 Å². The molecule has 16 heavy (non-hydrogen) atoms. The Hall–Kier alpha value is -0.330. The number of β-amino-alcohol motifs (C(OH)–C–C–N with tert-alkyl or cyclic N) is 1. The van der Waals surface area contributed by atoms with Gasteiger partial charge in [-0.05, 0) is 47.2 Å². The average Bonchev–Trinajstić information content (AvgIpc) is 2.67. The number of hydrogen-bond donors (Lipinski definition) is 1. The maximum absolute atomic E-state index is 12.1. The van der Waals surface area contributed by atoms with Crippen molar-refractivity contribution >= 4 is 40.1 Å². The molecule has 0 aliphatic carbocycles. The first kappa shape index (κ1) is 12.1. The van der Waals surface area contributed by atoms with Gasteiger partial charge >= 0.3 is 0 Å². The molecule has 1 N–H and O–H groups in total. The van der Waals surface area contributed by atoms with Gasteiger partial charge in [0.2, 0.25) is 0 Å². The lowest BCUT2D eigenvalue weighted by molar-refractivity contribution is 0.0764. The Morgan fingerprint density at radius 2 is 2.31 bits per heavy atom. The highest BCUT2D eigenvalue weighted by Gasteiger charge is 2.26. The van der Waals surface area contributed by atoms with Crippen LogP contribution in [0.25, 0.3) is 0 Å². The van der Waals surface area contributed by atoms with Crippen LogP contribution in [-0.4, -0.2) is 35.1 Å². The summed E-state index contributed by atoms with van der Waals surface area (Å²) in [7, 11) is 0. The first-order chi connectivity index (χ1) is 7.58. The number of halogens is 2. The maximum Gasteiger partial charge on any atom is 0.255 e. The largest absolute Gasteiger partial charge is 0.391 e. The van der Waals surface area contributed by atoms with Gasteiger partial charge in [0.25, 0.3) is 5.91 Å². The van der Waals surface area contributed by atoms with Crippen LogP contribution in [0.1, 0.15) is 16.8 Å². The van der Waals surface area contributed by atoms with Crippen molar-refractivity contribution in [1.29, 1.82) is 0 Å². The molecule has 1 heterocycles. The first-order valence-electron chi connectivity index (χ1n) is 5.00. The van der Waals surface area contributed by atoms with E-state index in [9.17, 15) is 9.90 Å². The van der Waals surface area contributed by atoms with E-state index in [1.165, 1.54) is 0 Å². The van der Waals surface area contributed by atoms with Crippen molar-refractivity contribution < 1.29 is 9.90 Å². The highest BCUT2D eigenvalue weighted by atomic mass is 127. The fraction of sp³-hybridized carbons (Fsp3) is 0.364. The average molecular weight is 352 g/mol. The Morgan fingerprint density at radius 3 is 2.94 bits per heavy atom. The molecular weight excluding hydrogens is 340 g/mol. The predicted octanol–water partition coefficient (Wildman–Crippen LogP) is 2.15. The number of hydrogen-bond acceptors (Lipinski definition) is 2. The molecule has 0 saturated carbocycles. The third-order valence-electron chi connectivity index (χ3n) is 2.61. The van der Waals surface area contributed by atoms with Gasteiger partial charge in [-0.2, -0.15) is 0 Å². The molecule has 1 aliphatic heterocycles. The van der Waals surface area contributed by atoms with Crippen LogP contribution in [-0.2, 0) is 0 Å². The number of nitrogens with zero attached hydrogens (tertiary/aromatic N) is 1. The Bertz CT molecular complexity index is 424. The van der Waals surface area contributed by atoms with Gasteiger partial charge in [0.15, 0.2) is 0 Å². The summed E-state index contributed by atoms with van der Waals surface area (Å²) in [6.07, 6.45) is 0.267. The second kappa shape index (κ2) is 4.89. The van der Waals surface area contributed by atoms with Crippen LogP contribution in [0.15, 0.2) is 18.2 Å². The molecule has 1 fully saturated rings. The van der Waals surface area contributed by atoms with Crippen LogP contribution in [0.3, 0.4) is 0 Å². The fourth-order valence-electron chi connectivity index (χ4n) is 1.76. The molecule has 2 rings (SSSR count). The monoisotopic (exact) mass is 351 g/mol. The summed E-state index contributed by atoms with van der Waals surface area (Å²) in [5.74, 6) is -0.0524. The predicted molar refractivity (Wildman–Crippen MR) is 70.7 cm³/mol. The van der Waals surface area contributed by atoms with E-state index < -0.39 is 0 Å². The lowest BCUT2D eigenvalue weighted by Crippen LogP contribution is -2.30. The van der Waals surface area contributed by atoms with Gasteiger partial charge in [-0.1, -0.05) is 11.6 Å². The molecule has 0 radical (unpaired) electrons. The van der Waals surface area contributed by atoms with Crippen molar-refractivity contribution in [3.8, 4) is 0 Å². The molecule has 3 nitrogen and oxygen atoms in total. The second-order valence-corrected chi connectivity index (χ2v) is 5.42. The second-order valence-electron chi connectivity index (χ2n) is 3.82. The van der Waals surface area contributed by atoms with Crippen molar-refractivity contribution in [2.75, 3.05) is 13.1 Å². The number of carbonyl (C=O) groups excluding carboxylic acids is 1. The van der Waals surface area contributed by atoms with Gasteiger partial charge in [-0.15, -0.1) is 0 Å². The van der Waals surface area contributed by atoms with Gasteiger partial charge in [0, 0.05) is 21.7 Å². The summed E-state index contributed by atoms with van der Waals surface area (Å²) >= 11 is 7.99. The molecular formula is C11H11ClINO2. The molecule has 1 amide bonds. The number of rotatable bonds is 1. The number of aliphatic hydroxyl groups is 1. The van der Waals surface area contributed by atoms with Gasteiger partial charge in [-0.3, -0.25) is 4.79 Å². The molecule has 86 valence electrons. The molecule has 0 spiro atoms. The summed E-state index contributed by atoms with van der Waals surface area (Å²) in [4.78, 5) is 13.8. The number of aliphatic hydroxyl groups excluding tert-OH is 1. The minimum absolute atomic E-state index is 0.0524. The van der Waals surface area contributed by atoms with Crippen LogP contribution in [0.4, 0.5) is 0 Å². The topological polar surface area (TPSA) is 40.5 Å². The van der Waals surface area contributed by atoms with Gasteiger partial charge in [0.05, 0.1) is 11.7 Å². The third kappa shape index (κ3) is 2.49. The highest BCUT2D eigenvalue weighted by molar-refractivity contribution is 14.1. The van der Waals surface area contributed by atoms with Gasteiger partial charge < -0.3 is 10.0 Å². The van der Waals surface area contributed by atoms with E-state index in [4.69, 9.17) is 11.6 Å². The fourth-order valence-corrected chi connectivity index (χ4v) is 2.50. The zero-order valence-electron chi connectivity index (χ0n) is 8.49. The number of likely N-dealkylation sites (tertiary alicyclic amines) is 1. The quantitative estimate of drug-likeness (QED) is 0.788. The summed E-state index contributed by atoms with van der Waals surface area (Å²) in [5.41, 5.74) is 0.613. The standard InChI is InChI=1S/C11H11ClINO2/c12-7-1-2-10(13)9(5-7)11(16)14-4-3-8(15)6-14/h1-2,5,8,15H,3-4,6H2. The van der Waals surface area contributed by atoms with Gasteiger partial charge in [-0.25, -0.2) is 0 Å². The van der Waals surface area contributed by atoms with Crippen molar-refractivity contribution in [2.45, 2.75) is 12.5 Å². The highest BCUT2D eigenvalue weighted by Crippen LogP contribution is 2.21. The van der Waals surface area contributed by atoms with E-state index in [-0.39, 0.29) is 12.0 Å². The van der Waals surface area contributed by atoms with Crippen LogP contribution in [0.5, 0.6) is 0 Å². The minimum Gasteiger partial charge on any atom is -0.391 e. The molecule has 1 atom stereocenters. The maximum atomic E-state index is 12.1. The van der Waals surface area contributed by atoms with Crippen LogP contribution in [0.2, 0.25) is 5.02 Å². The molecule has 0 aromatic heterocycles. The Labute approximate surface area is 113 Å². The lowest BCUT2D eigenvalue weighted by atomic mass is 10.2. The molecule has 1 saturated heterocycles. The summed E-state index contributed by atoms with van der Waals surface area (Å²) in [6.45, 7) is 1.03. The van der Waals surface area contributed by atoms with Crippen LogP contribution < -0.4 is 0 Å². The summed E-state index contributed by atoms with van der Waals surface area (Å²) < 4.78 is 0.883. The molecule has 1 aromatic carbocycles. The van der Waals surface area contributed by atoms with Crippen molar-refractivity contribution in [3.05, 3.63) is 32.4 Å². The van der Waals surface area contributed by atoms with Crippen LogP contribution in [0, 0.1) is 3.57 Å². The Kier molecular flexibility index (Phi) is 3.71. The van der Waals surface area contributed by atoms with E-state index in [1.807, 2.05) is 6.07 Å². The zero-order valence-corrected chi connectivity index (χ0v) is 11.4. The number of amides is 1. The zero-order chi connectivity index (χ0) is 11.7. The number of benzene rings is 1. The minimum atomic E-state index is -0.388. The normalized spacial score (nSPS) is 20.2. The van der Waals surface area contributed by atoms with E-state index in [0.29, 0.717) is 30.1 Å². The van der Waals surface area contributed by atoms with E-state index in [2.05, 4.69) is 22.6 Å². The van der Waals surface area contributed by atoms with Crippen molar-refractivity contribution in [3.63, 3.8) is 0 Å². The van der Waals surface area contributed by atoms with E-state index in [0.717, 1.165) is 3.57 Å². The smallest absolute Gasteiger partial charge is 0.255 e. The molecule has 1 aliphatic rings. The van der Waals surface area contributed by atoms with E-state index >= 15 is 0 Å². The Morgan fingerprint density at radius 1 is 1.56 bits per heavy atom. The SMILES string of the molecule is O=C(c1cc(Cl)ccc1I)N1CCC(O)C1. The first-order valence-corrected chi connectivity index (χ1v) is 6.46. The summed E-state index contributed by atoms with van der Waals surface area (Å²) in [6, 6.07) is 5.26. The van der Waals surface area contributed by atoms with Gasteiger partial charge in [0.1, 0.15) is 0 Å². The lowest BCUT2D eigenvalue weighted by Gasteiger charge is -2.16. The molecule has 5 heteroatoms. The molecule has 1 aromatic rings. The third-order valence-corrected chi connectivity index (χ3v) is 3.79. The molecule has 0 bridgehead atoms. The summed E-state index contributed by atoms with van der Waals surface area (Å²) in [5, 5.41) is 9.96. The number of carbonyl (C=O) groups is 1.